The van der Waals surface area contributed by atoms with Crippen molar-refractivity contribution in [1.82, 2.24) is 10.2 Å². The maximum absolute atomic E-state index is 12.0. The first-order chi connectivity index (χ1) is 10.3. The number of nitrogens with one attached hydrogen (secondary N) is 1. The first kappa shape index (κ1) is 13.6. The normalized spacial score (nSPS) is 15.0. The Labute approximate surface area is 122 Å². The molecule has 2 heterocycles. The van der Waals surface area contributed by atoms with Crippen LogP contribution >= 0.6 is 0 Å². The Bertz CT molecular complexity index is 593. The van der Waals surface area contributed by atoms with Gasteiger partial charge in [-0.2, -0.15) is 0 Å². The highest BCUT2D eigenvalue weighted by atomic mass is 16.5. The van der Waals surface area contributed by atoms with E-state index in [0.717, 1.165) is 5.56 Å². The van der Waals surface area contributed by atoms with Crippen LogP contribution in [-0.2, 0) is 11.3 Å². The number of urea groups is 1. The molecule has 0 bridgehead atoms. The average Bonchev–Trinajstić information content (AvgIpc) is 2.96. The van der Waals surface area contributed by atoms with Crippen LogP contribution < -0.4 is 10.00 Å². The molecule has 0 aliphatic carbocycles. The third-order valence-corrected chi connectivity index (χ3v) is 3.23. The van der Waals surface area contributed by atoms with Crippen molar-refractivity contribution in [3.8, 4) is 0 Å². The van der Waals surface area contributed by atoms with Crippen LogP contribution in [0, 0.1) is 0 Å². The Hall–Kier alpha value is -2.41. The highest BCUT2D eigenvalue weighted by Gasteiger charge is 2.20. The van der Waals surface area contributed by atoms with Crippen molar-refractivity contribution in [2.45, 2.75) is 6.54 Å². The molecule has 21 heavy (non-hydrogen) atoms. The predicted octanol–water partition coefficient (Wildman–Crippen LogP) is 0.874. The molecule has 0 saturated carbocycles. The van der Waals surface area contributed by atoms with Crippen molar-refractivity contribution in [3.63, 3.8) is 0 Å². The van der Waals surface area contributed by atoms with Gasteiger partial charge in [0, 0.05) is 18.7 Å². The number of carbonyl (C=O) groups excluding carboxylic acids is 1. The minimum Gasteiger partial charge on any atom is -0.378 e. The maximum Gasteiger partial charge on any atom is 0.324 e. The van der Waals surface area contributed by atoms with Crippen molar-refractivity contribution in [3.05, 3.63) is 42.1 Å². The van der Waals surface area contributed by atoms with E-state index in [0.29, 0.717) is 38.7 Å². The summed E-state index contributed by atoms with van der Waals surface area (Å²) in [6.07, 6.45) is 1.67. The molecule has 110 valence electrons. The van der Waals surface area contributed by atoms with Gasteiger partial charge in [0.1, 0.15) is 0 Å². The van der Waals surface area contributed by atoms with E-state index in [-0.39, 0.29) is 6.03 Å². The van der Waals surface area contributed by atoms with E-state index in [1.165, 1.54) is 0 Å². The fourth-order valence-electron chi connectivity index (χ4n) is 2.13. The summed E-state index contributed by atoms with van der Waals surface area (Å²) in [6, 6.07) is 9.72. The van der Waals surface area contributed by atoms with Gasteiger partial charge in [0.25, 0.3) is 6.20 Å². The molecular weight excluding hydrogens is 272 g/mol. The number of hydrogen-bond donors (Lipinski definition) is 1. The topological polar surface area (TPSA) is 71.5 Å². The summed E-state index contributed by atoms with van der Waals surface area (Å²) < 4.78 is 12.0. The van der Waals surface area contributed by atoms with E-state index in [4.69, 9.17) is 9.26 Å². The van der Waals surface area contributed by atoms with E-state index >= 15 is 0 Å². The smallest absolute Gasteiger partial charge is 0.324 e. The zero-order valence-electron chi connectivity index (χ0n) is 11.6. The number of nitrogens with zero attached hydrogens (tertiary/aromatic N) is 3. The van der Waals surface area contributed by atoms with E-state index in [1.54, 1.807) is 15.8 Å². The second kappa shape index (κ2) is 6.36. The molecule has 0 unspecified atom stereocenters. The number of aromatic nitrogens is 2. The summed E-state index contributed by atoms with van der Waals surface area (Å²) in [5.41, 5.74) is 1.11. The van der Waals surface area contributed by atoms with Gasteiger partial charge < -0.3 is 9.64 Å². The molecule has 2 aromatic rings. The number of rotatable bonds is 3. The zero-order chi connectivity index (χ0) is 14.5. The predicted molar refractivity (Wildman–Crippen MR) is 73.7 cm³/mol. The third-order valence-electron chi connectivity index (χ3n) is 3.23. The summed E-state index contributed by atoms with van der Waals surface area (Å²) in [7, 11) is 0. The zero-order valence-corrected chi connectivity index (χ0v) is 11.6. The fraction of sp³-hybridized carbons (Fsp3) is 0.357. The van der Waals surface area contributed by atoms with Crippen molar-refractivity contribution >= 4 is 11.9 Å². The van der Waals surface area contributed by atoms with Gasteiger partial charge in [-0.1, -0.05) is 30.3 Å². The quantitative estimate of drug-likeness (QED) is 0.851. The molecule has 1 N–H and O–H groups in total. The van der Waals surface area contributed by atoms with E-state index in [9.17, 15) is 4.79 Å². The molecule has 1 aliphatic heterocycles. The van der Waals surface area contributed by atoms with Gasteiger partial charge in [0.2, 0.25) is 11.8 Å². The van der Waals surface area contributed by atoms with Crippen LogP contribution in [0.25, 0.3) is 0 Å². The Morgan fingerprint density at radius 1 is 1.29 bits per heavy atom. The lowest BCUT2D eigenvalue weighted by Gasteiger charge is -2.26. The van der Waals surface area contributed by atoms with E-state index < -0.39 is 0 Å². The Morgan fingerprint density at radius 2 is 2.05 bits per heavy atom. The molecule has 3 rings (SSSR count). The van der Waals surface area contributed by atoms with Gasteiger partial charge in [-0.15, -0.1) is 0 Å². The van der Waals surface area contributed by atoms with Crippen molar-refractivity contribution in [2.75, 3.05) is 31.6 Å². The van der Waals surface area contributed by atoms with Crippen molar-refractivity contribution < 1.29 is 18.7 Å². The number of anilines is 1. The van der Waals surface area contributed by atoms with Crippen LogP contribution in [0.4, 0.5) is 10.7 Å². The number of hydrogen-bond acceptors (Lipinski definition) is 4. The lowest BCUT2D eigenvalue weighted by atomic mass is 10.2. The number of morpholine rings is 1. The first-order valence-electron chi connectivity index (χ1n) is 6.85. The SMILES string of the molecule is O=C(Nc1c[n+](Cc2ccccc2)no1)N1CCOCC1. The second-order valence-corrected chi connectivity index (χ2v) is 4.78. The average molecular weight is 289 g/mol. The number of carbonyl (C=O) groups is 1. The highest BCUT2D eigenvalue weighted by Crippen LogP contribution is 2.06. The van der Waals surface area contributed by atoms with Crippen LogP contribution in [0.3, 0.4) is 0 Å². The molecule has 1 aromatic carbocycles. The molecule has 0 spiro atoms. The molecular formula is C14H17N4O3+. The minimum absolute atomic E-state index is 0.193. The maximum atomic E-state index is 12.0. The number of benzene rings is 1. The first-order valence-corrected chi connectivity index (χ1v) is 6.85. The molecule has 7 heteroatoms. The standard InChI is InChI=1S/C14H16N4O3/c19-14(17-6-8-20-9-7-17)15-13-11-18(16-21-13)10-12-4-2-1-3-5-12/h1-5,11H,6-10H2/p+1. The summed E-state index contributed by atoms with van der Waals surface area (Å²) in [4.78, 5) is 13.7. The van der Waals surface area contributed by atoms with Crippen LogP contribution in [-0.4, -0.2) is 42.5 Å². The minimum atomic E-state index is -0.193. The number of amides is 2. The van der Waals surface area contributed by atoms with Gasteiger partial charge in [-0.25, -0.2) is 4.79 Å². The molecule has 1 aliphatic rings. The molecule has 2 amide bonds. The third kappa shape index (κ3) is 3.57. The van der Waals surface area contributed by atoms with Crippen LogP contribution in [0.1, 0.15) is 5.56 Å². The highest BCUT2D eigenvalue weighted by molar-refractivity contribution is 5.87. The second-order valence-electron chi connectivity index (χ2n) is 4.78. The Kier molecular flexibility index (Phi) is 4.11. The summed E-state index contributed by atoms with van der Waals surface area (Å²) in [5.74, 6) is 0.336. The summed E-state index contributed by atoms with van der Waals surface area (Å²) >= 11 is 0. The lowest BCUT2D eigenvalue weighted by molar-refractivity contribution is -0.754. The van der Waals surface area contributed by atoms with Gasteiger partial charge in [-0.3, -0.25) is 9.84 Å². The summed E-state index contributed by atoms with van der Waals surface area (Å²) in [5, 5.41) is 6.59. The molecule has 0 radical (unpaired) electrons. The molecule has 0 atom stereocenters. The Morgan fingerprint density at radius 3 is 2.81 bits per heavy atom. The van der Waals surface area contributed by atoms with Gasteiger partial charge >= 0.3 is 11.9 Å². The van der Waals surface area contributed by atoms with Crippen LogP contribution in [0.2, 0.25) is 0 Å². The lowest BCUT2D eigenvalue weighted by Crippen LogP contribution is -2.43. The monoisotopic (exact) mass is 289 g/mol. The van der Waals surface area contributed by atoms with Crippen molar-refractivity contribution in [2.24, 2.45) is 0 Å². The fourth-order valence-corrected chi connectivity index (χ4v) is 2.13. The summed E-state index contributed by atoms with van der Waals surface area (Å²) in [6.45, 7) is 2.90. The number of ether oxygens (including phenoxy) is 1. The van der Waals surface area contributed by atoms with Crippen LogP contribution in [0.15, 0.2) is 41.1 Å². The molecule has 1 fully saturated rings. The van der Waals surface area contributed by atoms with E-state index in [1.807, 2.05) is 30.3 Å². The molecule has 1 aromatic heterocycles. The van der Waals surface area contributed by atoms with Gasteiger partial charge in [0.05, 0.1) is 13.2 Å². The van der Waals surface area contributed by atoms with Gasteiger partial charge in [0.15, 0.2) is 0 Å². The van der Waals surface area contributed by atoms with Crippen LogP contribution in [0.5, 0.6) is 0 Å². The Balaban J connectivity index is 1.58. The van der Waals surface area contributed by atoms with Crippen molar-refractivity contribution in [1.29, 1.82) is 0 Å². The van der Waals surface area contributed by atoms with Gasteiger partial charge in [-0.05, 0) is 4.68 Å². The van der Waals surface area contributed by atoms with E-state index in [2.05, 4.69) is 10.6 Å². The largest absolute Gasteiger partial charge is 0.378 e. The molecule has 1 saturated heterocycles. The molecule has 7 nitrogen and oxygen atoms in total.